The molecule has 0 spiro atoms. The highest BCUT2D eigenvalue weighted by atomic mass is 32.1. The zero-order valence-electron chi connectivity index (χ0n) is 14.8. The minimum Gasteiger partial charge on any atom is -0.494 e. The molecule has 0 saturated carbocycles. The molecule has 144 valence electrons. The Kier molecular flexibility index (Phi) is 4.66. The molecule has 3 aromatic heterocycles. The number of nitrogens with two attached hydrogens (primary N) is 2. The molecule has 0 atom stereocenters. The number of aryl methyl sites for hydroxylation is 1. The van der Waals surface area contributed by atoms with Crippen molar-refractivity contribution in [3.8, 4) is 5.75 Å². The Bertz CT molecular complexity index is 1160. The predicted octanol–water partition coefficient (Wildman–Crippen LogP) is 3.58. The van der Waals surface area contributed by atoms with Gasteiger partial charge in [-0.1, -0.05) is 0 Å². The van der Waals surface area contributed by atoms with Crippen LogP contribution in [0.15, 0.2) is 40.9 Å². The highest BCUT2D eigenvalue weighted by Crippen LogP contribution is 2.43. The molecule has 0 aliphatic rings. The molecule has 3 heterocycles. The van der Waals surface area contributed by atoms with Crippen LogP contribution in [0, 0.1) is 0 Å². The van der Waals surface area contributed by atoms with Crippen molar-refractivity contribution < 1.29 is 18.7 Å². The Balaban J connectivity index is 1.57. The van der Waals surface area contributed by atoms with Gasteiger partial charge in [0.15, 0.2) is 5.58 Å². The number of thiophene rings is 1. The third-order valence-corrected chi connectivity index (χ3v) is 5.42. The van der Waals surface area contributed by atoms with E-state index in [4.69, 9.17) is 20.6 Å². The number of carbonyl (C=O) groups excluding carboxylic acids is 2. The number of amides is 3. The zero-order valence-corrected chi connectivity index (χ0v) is 15.6. The van der Waals surface area contributed by atoms with Crippen LogP contribution < -0.4 is 21.5 Å². The quantitative estimate of drug-likeness (QED) is 0.354. The second-order valence-electron chi connectivity index (χ2n) is 6.23. The lowest BCUT2D eigenvalue weighted by molar-refractivity contribution is 0.0977. The monoisotopic (exact) mass is 398 g/mol. The van der Waals surface area contributed by atoms with Crippen LogP contribution in [0.3, 0.4) is 0 Å². The van der Waals surface area contributed by atoms with Gasteiger partial charge >= 0.3 is 6.03 Å². The van der Waals surface area contributed by atoms with Crippen molar-refractivity contribution in [3.05, 3.63) is 48.0 Å². The Labute approximate surface area is 163 Å². The molecule has 4 rings (SSSR count). The highest BCUT2D eigenvalue weighted by Gasteiger charge is 2.23. The number of nitrogens with one attached hydrogen (secondary N) is 2. The number of fused-ring (bicyclic) bond motifs is 3. The van der Waals surface area contributed by atoms with Gasteiger partial charge in [0.25, 0.3) is 5.91 Å². The zero-order chi connectivity index (χ0) is 19.7. The van der Waals surface area contributed by atoms with Gasteiger partial charge in [-0.15, -0.1) is 11.3 Å². The number of carbonyl (C=O) groups is 2. The molecule has 8 nitrogen and oxygen atoms in total. The molecule has 0 saturated heterocycles. The summed E-state index contributed by atoms with van der Waals surface area (Å²) in [4.78, 5) is 26.1. The lowest BCUT2D eigenvalue weighted by Crippen LogP contribution is -2.21. The summed E-state index contributed by atoms with van der Waals surface area (Å²) in [6.45, 7) is 0.590. The number of rotatable bonds is 7. The molecule has 0 bridgehead atoms. The molecule has 0 aliphatic carbocycles. The van der Waals surface area contributed by atoms with Crippen LogP contribution in [-0.2, 0) is 6.42 Å². The van der Waals surface area contributed by atoms with Crippen molar-refractivity contribution >= 4 is 49.3 Å². The van der Waals surface area contributed by atoms with Crippen molar-refractivity contribution in [2.75, 3.05) is 11.9 Å². The van der Waals surface area contributed by atoms with Crippen molar-refractivity contribution in [2.24, 2.45) is 11.5 Å². The summed E-state index contributed by atoms with van der Waals surface area (Å²) in [7, 11) is 0. The van der Waals surface area contributed by atoms with Crippen LogP contribution in [0.25, 0.3) is 20.4 Å². The van der Waals surface area contributed by atoms with Crippen molar-refractivity contribution in [1.29, 1.82) is 0 Å². The third kappa shape index (κ3) is 3.39. The number of hydrogen-bond donors (Lipinski definition) is 4. The van der Waals surface area contributed by atoms with Gasteiger partial charge in [0.05, 0.1) is 11.3 Å². The van der Waals surface area contributed by atoms with E-state index in [1.54, 1.807) is 0 Å². The third-order valence-electron chi connectivity index (χ3n) is 4.27. The van der Waals surface area contributed by atoms with Gasteiger partial charge in [0.2, 0.25) is 5.76 Å². The second kappa shape index (κ2) is 7.28. The summed E-state index contributed by atoms with van der Waals surface area (Å²) in [5.74, 6) is -0.156. The summed E-state index contributed by atoms with van der Waals surface area (Å²) < 4.78 is 13.0. The van der Waals surface area contributed by atoms with Crippen LogP contribution >= 0.6 is 11.3 Å². The van der Waals surface area contributed by atoms with E-state index < -0.39 is 11.9 Å². The van der Waals surface area contributed by atoms with Crippen molar-refractivity contribution in [2.45, 2.75) is 12.8 Å². The fraction of sp³-hybridized carbons (Fsp3) is 0.158. The first-order valence-corrected chi connectivity index (χ1v) is 9.45. The Morgan fingerprint density at radius 1 is 1.25 bits per heavy atom. The number of aromatic nitrogens is 1. The molecule has 6 N–H and O–H groups in total. The topological polar surface area (TPSA) is 136 Å². The molecule has 9 heteroatoms. The molecule has 28 heavy (non-hydrogen) atoms. The Morgan fingerprint density at radius 2 is 2.11 bits per heavy atom. The van der Waals surface area contributed by atoms with E-state index in [0.717, 1.165) is 28.7 Å². The molecule has 0 unspecified atom stereocenters. The number of primary amides is 2. The molecule has 4 aromatic rings. The smallest absolute Gasteiger partial charge is 0.316 e. The summed E-state index contributed by atoms with van der Waals surface area (Å²) in [5, 5.41) is 3.23. The fourth-order valence-electron chi connectivity index (χ4n) is 3.05. The molecule has 1 aromatic carbocycles. The van der Waals surface area contributed by atoms with E-state index in [1.165, 1.54) is 17.0 Å². The van der Waals surface area contributed by atoms with E-state index in [0.29, 0.717) is 16.9 Å². The van der Waals surface area contributed by atoms with Gasteiger partial charge in [-0.05, 0) is 43.2 Å². The largest absolute Gasteiger partial charge is 0.494 e. The standard InChI is InChI=1S/C19H18N4O4S/c20-18(24)16-14(23-19(21)25)17-15(27-16)12-6-5-11(9-13(12)28-17)26-8-2-4-10-3-1-7-22-10/h1,3,5-7,9,22H,2,4,8H2,(H2,20,24)(H3,21,23,25). The van der Waals surface area contributed by atoms with Crippen molar-refractivity contribution in [3.63, 3.8) is 0 Å². The van der Waals surface area contributed by atoms with Crippen LogP contribution in [0.2, 0.25) is 0 Å². The molecular formula is C19H18N4O4S. The predicted molar refractivity (Wildman–Crippen MR) is 108 cm³/mol. The highest BCUT2D eigenvalue weighted by molar-refractivity contribution is 7.26. The fourth-order valence-corrected chi connectivity index (χ4v) is 4.21. The average molecular weight is 398 g/mol. The number of ether oxygens (including phenoxy) is 1. The van der Waals surface area contributed by atoms with E-state index in [9.17, 15) is 9.59 Å². The van der Waals surface area contributed by atoms with Crippen molar-refractivity contribution in [1.82, 2.24) is 4.98 Å². The molecule has 0 radical (unpaired) electrons. The number of H-pyrrole nitrogens is 1. The maximum Gasteiger partial charge on any atom is 0.316 e. The minimum atomic E-state index is -0.797. The molecular weight excluding hydrogens is 380 g/mol. The van der Waals surface area contributed by atoms with E-state index in [2.05, 4.69) is 10.3 Å². The number of anilines is 1. The van der Waals surface area contributed by atoms with Crippen LogP contribution in [0.4, 0.5) is 10.5 Å². The summed E-state index contributed by atoms with van der Waals surface area (Å²) >= 11 is 1.36. The molecule has 0 aliphatic heterocycles. The number of furan rings is 1. The molecule has 3 amide bonds. The normalized spacial score (nSPS) is 11.1. The Morgan fingerprint density at radius 3 is 2.82 bits per heavy atom. The number of hydrogen-bond acceptors (Lipinski definition) is 5. The lowest BCUT2D eigenvalue weighted by atomic mass is 10.2. The lowest BCUT2D eigenvalue weighted by Gasteiger charge is -2.05. The van der Waals surface area contributed by atoms with E-state index >= 15 is 0 Å². The Hall–Kier alpha value is -3.46. The van der Waals surface area contributed by atoms with Crippen LogP contribution in [0.5, 0.6) is 5.75 Å². The first kappa shape index (κ1) is 17.9. The average Bonchev–Trinajstić information content (AvgIpc) is 3.35. The van der Waals surface area contributed by atoms with Gasteiger partial charge in [0, 0.05) is 22.0 Å². The maximum atomic E-state index is 11.6. The van der Waals surface area contributed by atoms with E-state index in [-0.39, 0.29) is 11.4 Å². The maximum absolute atomic E-state index is 11.6. The summed E-state index contributed by atoms with van der Waals surface area (Å²) in [5.41, 5.74) is 12.4. The first-order chi connectivity index (χ1) is 13.5. The van der Waals surface area contributed by atoms with Gasteiger partial charge in [-0.25, -0.2) is 4.79 Å². The number of aromatic amines is 1. The van der Waals surface area contributed by atoms with Gasteiger partial charge in [0.1, 0.15) is 11.4 Å². The summed E-state index contributed by atoms with van der Waals surface area (Å²) in [6.07, 6.45) is 3.71. The minimum absolute atomic E-state index is 0.119. The van der Waals surface area contributed by atoms with Gasteiger partial charge in [-0.3, -0.25) is 4.79 Å². The van der Waals surface area contributed by atoms with Crippen LogP contribution in [0.1, 0.15) is 22.7 Å². The van der Waals surface area contributed by atoms with Crippen LogP contribution in [-0.4, -0.2) is 23.5 Å². The van der Waals surface area contributed by atoms with E-state index in [1.807, 2.05) is 36.5 Å². The second-order valence-corrected chi connectivity index (χ2v) is 7.28. The number of benzene rings is 1. The number of urea groups is 1. The SMILES string of the molecule is NC(=O)Nc1c(C(N)=O)oc2c1sc1cc(OCCCc3ccc[nH]3)ccc12. The first-order valence-electron chi connectivity index (χ1n) is 8.63. The summed E-state index contributed by atoms with van der Waals surface area (Å²) in [6, 6.07) is 8.83. The van der Waals surface area contributed by atoms with Gasteiger partial charge in [-0.2, -0.15) is 0 Å². The molecule has 0 fully saturated rings. The van der Waals surface area contributed by atoms with Gasteiger partial charge < -0.3 is 30.9 Å².